The average molecular weight is 142 g/mol. The lowest BCUT2D eigenvalue weighted by atomic mass is 11.0. The minimum Gasteiger partial charge on any atom is -0.368 e. The topological polar surface area (TPSA) is 82.9 Å². The van der Waals surface area contributed by atoms with Crippen LogP contribution in [0.5, 0.6) is 0 Å². The molecule has 0 spiro atoms. The molecule has 0 unspecified atom stereocenters. The second kappa shape index (κ2) is 2.53. The van der Waals surface area contributed by atoms with E-state index in [0.29, 0.717) is 11.9 Å². The highest BCUT2D eigenvalue weighted by molar-refractivity contribution is 5.28. The Bertz CT molecular complexity index is 203. The molecule has 0 radical (unpaired) electrons. The fourth-order valence-corrected chi connectivity index (χ4v) is 0.524. The monoisotopic (exact) mass is 142 g/mol. The van der Waals surface area contributed by atoms with Gasteiger partial charge in [-0.05, 0) is 0 Å². The third-order valence-electron chi connectivity index (χ3n) is 0.826. The van der Waals surface area contributed by atoms with Crippen LogP contribution in [0.25, 0.3) is 0 Å². The van der Waals surface area contributed by atoms with Crippen molar-refractivity contribution in [2.45, 2.75) is 0 Å². The quantitative estimate of drug-likeness (QED) is 0.474. The average Bonchev–Trinajstić information content (AvgIpc) is 2.13. The summed E-state index contributed by atoms with van der Waals surface area (Å²) in [6.45, 7) is 0. The molecular formula is C4H10N6. The van der Waals surface area contributed by atoms with E-state index < -0.39 is 0 Å². The molecule has 1 aromatic heterocycles. The summed E-state index contributed by atoms with van der Waals surface area (Å²) < 4.78 is 0. The smallest absolute Gasteiger partial charge is 0.258 e. The van der Waals surface area contributed by atoms with Gasteiger partial charge in [-0.2, -0.15) is 4.98 Å². The summed E-state index contributed by atoms with van der Waals surface area (Å²) in [7, 11) is 3.68. The number of nitrogens with two attached hydrogens (primary N) is 1. The summed E-state index contributed by atoms with van der Waals surface area (Å²) in [4.78, 5) is 3.81. The number of hydrogen-bond acceptors (Lipinski definition) is 5. The van der Waals surface area contributed by atoms with E-state index in [1.165, 1.54) is 0 Å². The van der Waals surface area contributed by atoms with Crippen LogP contribution in [0.15, 0.2) is 0 Å². The van der Waals surface area contributed by atoms with E-state index >= 15 is 0 Å². The number of aromatic nitrogens is 3. The van der Waals surface area contributed by atoms with Crippen molar-refractivity contribution in [3.05, 3.63) is 0 Å². The van der Waals surface area contributed by atoms with Crippen molar-refractivity contribution in [3.8, 4) is 0 Å². The van der Waals surface area contributed by atoms with Gasteiger partial charge < -0.3 is 5.73 Å². The van der Waals surface area contributed by atoms with Gasteiger partial charge in [0.2, 0.25) is 5.95 Å². The van der Waals surface area contributed by atoms with E-state index in [1.54, 1.807) is 5.01 Å². The molecule has 0 bridgehead atoms. The van der Waals surface area contributed by atoms with Crippen molar-refractivity contribution in [3.63, 3.8) is 0 Å². The largest absolute Gasteiger partial charge is 0.368 e. The van der Waals surface area contributed by atoms with Crippen LogP contribution in [-0.2, 0) is 0 Å². The van der Waals surface area contributed by atoms with Gasteiger partial charge in [-0.25, -0.2) is 10.1 Å². The molecule has 56 valence electrons. The molecule has 0 fully saturated rings. The number of nitrogen functional groups attached to an aromatic ring is 1. The number of rotatable bonds is 2. The van der Waals surface area contributed by atoms with E-state index in [9.17, 15) is 0 Å². The third-order valence-corrected chi connectivity index (χ3v) is 0.826. The van der Waals surface area contributed by atoms with Crippen LogP contribution >= 0.6 is 0 Å². The molecule has 0 saturated carbocycles. The van der Waals surface area contributed by atoms with Crippen LogP contribution in [-0.4, -0.2) is 34.3 Å². The van der Waals surface area contributed by atoms with Gasteiger partial charge in [-0.15, -0.1) is 5.10 Å². The van der Waals surface area contributed by atoms with Crippen molar-refractivity contribution < 1.29 is 0 Å². The van der Waals surface area contributed by atoms with E-state index in [1.807, 2.05) is 14.1 Å². The Balaban J connectivity index is 2.58. The van der Waals surface area contributed by atoms with E-state index in [2.05, 4.69) is 20.6 Å². The van der Waals surface area contributed by atoms with Crippen LogP contribution in [0.4, 0.5) is 11.9 Å². The first-order valence-corrected chi connectivity index (χ1v) is 2.80. The highest BCUT2D eigenvalue weighted by Crippen LogP contribution is 1.97. The van der Waals surface area contributed by atoms with Gasteiger partial charge in [0.25, 0.3) is 5.95 Å². The second-order valence-corrected chi connectivity index (χ2v) is 2.05. The number of hydrazine groups is 1. The molecule has 0 atom stereocenters. The van der Waals surface area contributed by atoms with Crippen LogP contribution in [0.2, 0.25) is 0 Å². The molecule has 0 aliphatic rings. The molecule has 0 saturated heterocycles. The molecular weight excluding hydrogens is 132 g/mol. The van der Waals surface area contributed by atoms with Crippen molar-refractivity contribution in [1.82, 2.24) is 20.2 Å². The summed E-state index contributed by atoms with van der Waals surface area (Å²) in [5.41, 5.74) is 8.09. The molecule has 4 N–H and O–H groups in total. The maximum Gasteiger partial charge on any atom is 0.258 e. The lowest BCUT2D eigenvalue weighted by molar-refractivity contribution is 0.489. The van der Waals surface area contributed by atoms with Gasteiger partial charge >= 0.3 is 0 Å². The van der Waals surface area contributed by atoms with Crippen molar-refractivity contribution in [2.24, 2.45) is 0 Å². The predicted octanol–water partition coefficient (Wildman–Crippen LogP) is -0.725. The zero-order chi connectivity index (χ0) is 7.56. The summed E-state index contributed by atoms with van der Waals surface area (Å²) in [6.07, 6.45) is 0. The van der Waals surface area contributed by atoms with Gasteiger partial charge in [0.1, 0.15) is 0 Å². The molecule has 6 nitrogen and oxygen atoms in total. The van der Waals surface area contributed by atoms with Crippen molar-refractivity contribution >= 4 is 11.9 Å². The van der Waals surface area contributed by atoms with Gasteiger partial charge in [-0.1, -0.05) is 0 Å². The number of hydrogen-bond donors (Lipinski definition) is 3. The predicted molar refractivity (Wildman–Crippen MR) is 38.1 cm³/mol. The highest BCUT2D eigenvalue weighted by Gasteiger charge is 1.97. The Kier molecular flexibility index (Phi) is 1.72. The molecule has 1 aromatic rings. The molecule has 0 aromatic carbocycles. The number of anilines is 2. The first-order chi connectivity index (χ1) is 4.68. The number of nitrogens with zero attached hydrogens (tertiary/aromatic N) is 3. The maximum atomic E-state index is 5.27. The number of nitrogens with one attached hydrogen (secondary N) is 2. The summed E-state index contributed by atoms with van der Waals surface area (Å²) in [5.74, 6) is 0.784. The van der Waals surface area contributed by atoms with Crippen LogP contribution in [0.1, 0.15) is 0 Å². The molecule has 1 heterocycles. The molecule has 6 heteroatoms. The van der Waals surface area contributed by atoms with E-state index in [0.717, 1.165) is 0 Å². The first kappa shape index (κ1) is 6.81. The van der Waals surface area contributed by atoms with Gasteiger partial charge in [0.05, 0.1) is 0 Å². The number of H-pyrrole nitrogens is 1. The summed E-state index contributed by atoms with van der Waals surface area (Å²) >= 11 is 0. The summed E-state index contributed by atoms with van der Waals surface area (Å²) in [5, 5.41) is 7.97. The van der Waals surface area contributed by atoms with Crippen molar-refractivity contribution in [2.75, 3.05) is 25.3 Å². The van der Waals surface area contributed by atoms with E-state index in [-0.39, 0.29) is 0 Å². The Hall–Kier alpha value is -1.30. The normalized spacial score (nSPS) is 10.3. The van der Waals surface area contributed by atoms with Crippen LogP contribution in [0, 0.1) is 0 Å². The third kappa shape index (κ3) is 1.59. The Labute approximate surface area is 58.4 Å². The maximum absolute atomic E-state index is 5.27. The van der Waals surface area contributed by atoms with Gasteiger partial charge in [0, 0.05) is 14.1 Å². The number of aromatic amines is 1. The lowest BCUT2D eigenvalue weighted by Gasteiger charge is -2.07. The highest BCUT2D eigenvalue weighted by atomic mass is 15.5. The molecule has 0 amide bonds. The minimum atomic E-state index is 0.310. The fourth-order valence-electron chi connectivity index (χ4n) is 0.524. The Morgan fingerprint density at radius 2 is 2.30 bits per heavy atom. The fraction of sp³-hybridized carbons (Fsp3) is 0.500. The zero-order valence-electron chi connectivity index (χ0n) is 5.92. The minimum absolute atomic E-state index is 0.310. The standard InChI is InChI=1S/C4H10N6/c1-10(2)9-4-6-3(5)7-8-4/h1-2H3,(H4,5,6,7,8,9). The second-order valence-electron chi connectivity index (χ2n) is 2.05. The molecule has 1 rings (SSSR count). The Morgan fingerprint density at radius 1 is 1.60 bits per heavy atom. The first-order valence-electron chi connectivity index (χ1n) is 2.80. The SMILES string of the molecule is CN(C)Nc1n[nH]c(N)n1. The Morgan fingerprint density at radius 3 is 2.70 bits per heavy atom. The van der Waals surface area contributed by atoms with Crippen LogP contribution in [0.3, 0.4) is 0 Å². The zero-order valence-corrected chi connectivity index (χ0v) is 5.92. The van der Waals surface area contributed by atoms with E-state index in [4.69, 9.17) is 5.73 Å². The van der Waals surface area contributed by atoms with Gasteiger partial charge in [-0.3, -0.25) is 5.43 Å². The molecule has 10 heavy (non-hydrogen) atoms. The van der Waals surface area contributed by atoms with Crippen LogP contribution < -0.4 is 11.2 Å². The summed E-state index contributed by atoms with van der Waals surface area (Å²) in [6, 6.07) is 0. The van der Waals surface area contributed by atoms with Crippen molar-refractivity contribution in [1.29, 1.82) is 0 Å². The van der Waals surface area contributed by atoms with Gasteiger partial charge in [0.15, 0.2) is 0 Å². The lowest BCUT2D eigenvalue weighted by Crippen LogP contribution is -2.20. The molecule has 0 aliphatic heterocycles. The molecule has 0 aliphatic carbocycles.